The van der Waals surface area contributed by atoms with Crippen LogP contribution in [0.5, 0.6) is 0 Å². The highest BCUT2D eigenvalue weighted by Gasteiger charge is 2.72. The molecule has 0 aromatic heterocycles. The van der Waals surface area contributed by atoms with Crippen LogP contribution in [-0.4, -0.2) is 5.79 Å². The summed E-state index contributed by atoms with van der Waals surface area (Å²) in [5.74, 6) is -0.225. The minimum atomic E-state index is -0.225. The van der Waals surface area contributed by atoms with Crippen molar-refractivity contribution in [1.29, 1.82) is 0 Å². The molecule has 1 aliphatic carbocycles. The smallest absolute Gasteiger partial charge is 0.194 e. The Bertz CT molecular complexity index is 343. The molecule has 0 atom stereocenters. The van der Waals surface area contributed by atoms with Gasteiger partial charge < -0.3 is 0 Å². The van der Waals surface area contributed by atoms with E-state index in [1.54, 1.807) is 0 Å². The Morgan fingerprint density at radius 1 is 0.625 bits per heavy atom. The molecule has 142 valence electrons. The molecule has 0 aromatic carbocycles. The van der Waals surface area contributed by atoms with E-state index in [0.29, 0.717) is 5.41 Å². The first-order valence-electron chi connectivity index (χ1n) is 11.0. The lowest BCUT2D eigenvalue weighted by Gasteiger charge is -2.56. The lowest BCUT2D eigenvalue weighted by atomic mass is 9.47. The fraction of sp³-hybridized carbons (Fsp3) is 1.00. The molecule has 2 nitrogen and oxygen atoms in total. The van der Waals surface area contributed by atoms with E-state index in [9.17, 15) is 0 Å². The predicted octanol–water partition coefficient (Wildman–Crippen LogP) is 7.56. The van der Waals surface area contributed by atoms with E-state index in [2.05, 4.69) is 27.7 Å². The third-order valence-corrected chi connectivity index (χ3v) is 7.12. The van der Waals surface area contributed by atoms with E-state index in [1.807, 2.05) is 0 Å². The molecule has 0 aromatic rings. The molecule has 1 heterocycles. The zero-order valence-electron chi connectivity index (χ0n) is 16.9. The van der Waals surface area contributed by atoms with Crippen molar-refractivity contribution in [1.82, 2.24) is 0 Å². The highest BCUT2D eigenvalue weighted by Crippen LogP contribution is 2.70. The van der Waals surface area contributed by atoms with Gasteiger partial charge in [-0.15, -0.1) is 0 Å². The normalized spacial score (nSPS) is 23.5. The number of unbranched alkanes of at least 4 members (excludes halogenated alkanes) is 4. The summed E-state index contributed by atoms with van der Waals surface area (Å²) in [7, 11) is 0. The largest absolute Gasteiger partial charge is 0.240 e. The Labute approximate surface area is 151 Å². The van der Waals surface area contributed by atoms with Crippen molar-refractivity contribution >= 4 is 0 Å². The van der Waals surface area contributed by atoms with E-state index in [1.165, 1.54) is 89.9 Å². The van der Waals surface area contributed by atoms with Crippen LogP contribution in [0, 0.1) is 10.8 Å². The minimum absolute atomic E-state index is 0.225. The Kier molecular flexibility index (Phi) is 7.61. The Morgan fingerprint density at radius 3 is 1.50 bits per heavy atom. The maximum absolute atomic E-state index is 5.86. The van der Waals surface area contributed by atoms with Crippen LogP contribution in [0.2, 0.25) is 0 Å². The summed E-state index contributed by atoms with van der Waals surface area (Å²) in [5.41, 5.74) is 0.701. The topological polar surface area (TPSA) is 25.1 Å². The standard InChI is InChI=1S/C22H42O2/c1-5-9-14-20(15-10-6-2)16-13-19-22(23-24-22)21(20,17-11-7-3)18-12-8-4/h5-19H2,1-4H3. The third-order valence-electron chi connectivity index (χ3n) is 7.12. The van der Waals surface area contributed by atoms with Crippen molar-refractivity contribution in [2.24, 2.45) is 10.8 Å². The zero-order valence-corrected chi connectivity index (χ0v) is 16.9. The van der Waals surface area contributed by atoms with Gasteiger partial charge in [0, 0.05) is 11.8 Å². The molecule has 1 spiro atoms. The van der Waals surface area contributed by atoms with Gasteiger partial charge in [-0.2, -0.15) is 9.78 Å². The van der Waals surface area contributed by atoms with Crippen molar-refractivity contribution in [3.63, 3.8) is 0 Å². The molecule has 1 saturated carbocycles. The van der Waals surface area contributed by atoms with E-state index in [4.69, 9.17) is 9.78 Å². The molecular formula is C22H42O2. The van der Waals surface area contributed by atoms with Gasteiger partial charge in [-0.05, 0) is 43.9 Å². The third kappa shape index (κ3) is 3.70. The Balaban J connectivity index is 2.39. The van der Waals surface area contributed by atoms with Crippen LogP contribution in [0.4, 0.5) is 0 Å². The average Bonchev–Trinajstić information content (AvgIpc) is 3.38. The van der Waals surface area contributed by atoms with Gasteiger partial charge in [0.05, 0.1) is 0 Å². The van der Waals surface area contributed by atoms with Gasteiger partial charge in [0.1, 0.15) is 0 Å². The first-order valence-corrected chi connectivity index (χ1v) is 11.0. The molecule has 2 rings (SSSR count). The number of hydrogen-bond acceptors (Lipinski definition) is 2. The van der Waals surface area contributed by atoms with Crippen LogP contribution in [0.15, 0.2) is 0 Å². The molecule has 1 saturated heterocycles. The fourth-order valence-corrected chi connectivity index (χ4v) is 5.71. The SMILES string of the molecule is CCCCC1(CCCC)CCCC2(OO2)C1(CCCC)CCCC. The average molecular weight is 339 g/mol. The molecular weight excluding hydrogens is 296 g/mol. The molecule has 0 N–H and O–H groups in total. The highest BCUT2D eigenvalue weighted by molar-refractivity contribution is 5.11. The van der Waals surface area contributed by atoms with Crippen molar-refractivity contribution in [3.8, 4) is 0 Å². The number of hydrogen-bond donors (Lipinski definition) is 0. The van der Waals surface area contributed by atoms with Crippen molar-refractivity contribution in [2.45, 2.75) is 130 Å². The van der Waals surface area contributed by atoms with E-state index in [-0.39, 0.29) is 11.2 Å². The van der Waals surface area contributed by atoms with Crippen LogP contribution >= 0.6 is 0 Å². The molecule has 24 heavy (non-hydrogen) atoms. The van der Waals surface area contributed by atoms with E-state index >= 15 is 0 Å². The van der Waals surface area contributed by atoms with Crippen LogP contribution < -0.4 is 0 Å². The minimum Gasteiger partial charge on any atom is -0.194 e. The molecule has 0 amide bonds. The predicted molar refractivity (Wildman–Crippen MR) is 102 cm³/mol. The van der Waals surface area contributed by atoms with Crippen LogP contribution in [0.25, 0.3) is 0 Å². The zero-order chi connectivity index (χ0) is 17.5. The van der Waals surface area contributed by atoms with Gasteiger partial charge in [-0.3, -0.25) is 0 Å². The maximum atomic E-state index is 5.86. The fourth-order valence-electron chi connectivity index (χ4n) is 5.71. The Hall–Kier alpha value is -0.0800. The summed E-state index contributed by atoms with van der Waals surface area (Å²) in [4.78, 5) is 11.7. The van der Waals surface area contributed by atoms with Gasteiger partial charge in [-0.1, -0.05) is 79.1 Å². The summed E-state index contributed by atoms with van der Waals surface area (Å²) >= 11 is 0. The molecule has 0 unspecified atom stereocenters. The second kappa shape index (κ2) is 9.03. The highest BCUT2D eigenvalue weighted by atomic mass is 17.4. The van der Waals surface area contributed by atoms with Crippen LogP contribution in [-0.2, 0) is 9.78 Å². The van der Waals surface area contributed by atoms with Crippen LogP contribution in [0.3, 0.4) is 0 Å². The summed E-state index contributed by atoms with van der Waals surface area (Å²) < 4.78 is 0. The van der Waals surface area contributed by atoms with Crippen molar-refractivity contribution in [3.05, 3.63) is 0 Å². The lowest BCUT2D eigenvalue weighted by molar-refractivity contribution is -0.117. The van der Waals surface area contributed by atoms with Gasteiger partial charge in [-0.25, -0.2) is 0 Å². The first kappa shape index (κ1) is 20.2. The number of rotatable bonds is 12. The van der Waals surface area contributed by atoms with Crippen LogP contribution in [0.1, 0.15) is 124 Å². The van der Waals surface area contributed by atoms with Gasteiger partial charge in [0.25, 0.3) is 0 Å². The second-order valence-corrected chi connectivity index (χ2v) is 8.55. The second-order valence-electron chi connectivity index (χ2n) is 8.55. The summed E-state index contributed by atoms with van der Waals surface area (Å²) in [6.07, 6.45) is 19.7. The van der Waals surface area contributed by atoms with Gasteiger partial charge >= 0.3 is 0 Å². The monoisotopic (exact) mass is 338 g/mol. The van der Waals surface area contributed by atoms with Crippen molar-refractivity contribution in [2.75, 3.05) is 0 Å². The molecule has 0 radical (unpaired) electrons. The first-order chi connectivity index (χ1) is 11.7. The summed E-state index contributed by atoms with van der Waals surface area (Å²) in [6, 6.07) is 0. The molecule has 2 fully saturated rings. The molecule has 1 aliphatic heterocycles. The quantitative estimate of drug-likeness (QED) is 0.271. The summed E-state index contributed by atoms with van der Waals surface area (Å²) in [5, 5.41) is 0. The van der Waals surface area contributed by atoms with Crippen molar-refractivity contribution < 1.29 is 9.78 Å². The van der Waals surface area contributed by atoms with Gasteiger partial charge in [0.15, 0.2) is 0 Å². The lowest BCUT2D eigenvalue weighted by Crippen LogP contribution is -2.55. The molecule has 2 heteroatoms. The Morgan fingerprint density at radius 2 is 1.08 bits per heavy atom. The summed E-state index contributed by atoms with van der Waals surface area (Å²) in [6.45, 7) is 9.35. The van der Waals surface area contributed by atoms with Gasteiger partial charge in [0.2, 0.25) is 5.79 Å². The van der Waals surface area contributed by atoms with E-state index < -0.39 is 0 Å². The molecule has 0 bridgehead atoms. The van der Waals surface area contributed by atoms with E-state index in [0.717, 1.165) is 6.42 Å². The molecule has 2 aliphatic rings. The maximum Gasteiger partial charge on any atom is 0.240 e.